The molecule has 1 aliphatic carbocycles. The lowest BCUT2D eigenvalue weighted by Crippen LogP contribution is -2.52. The summed E-state index contributed by atoms with van der Waals surface area (Å²) in [6, 6.07) is 6.65. The fourth-order valence-corrected chi connectivity index (χ4v) is 4.47. The smallest absolute Gasteiger partial charge is 0.340 e. The van der Waals surface area contributed by atoms with Gasteiger partial charge in [-0.3, -0.25) is 19.3 Å². The van der Waals surface area contributed by atoms with Gasteiger partial charge >= 0.3 is 11.9 Å². The number of fused-ring (bicyclic) bond motifs is 3. The molecule has 0 bridgehead atoms. The van der Waals surface area contributed by atoms with E-state index >= 15 is 0 Å². The van der Waals surface area contributed by atoms with Crippen LogP contribution in [0.2, 0.25) is 0 Å². The number of esters is 2. The van der Waals surface area contributed by atoms with Crippen LogP contribution < -0.4 is 10.6 Å². The Hall–Kier alpha value is -3.62. The number of amides is 1. The van der Waals surface area contributed by atoms with Gasteiger partial charge in [-0.1, -0.05) is 18.2 Å². The molecule has 1 aromatic rings. The van der Waals surface area contributed by atoms with Crippen LogP contribution in [0.1, 0.15) is 24.8 Å². The van der Waals surface area contributed by atoms with Crippen LogP contribution in [-0.2, 0) is 38.8 Å². The molecule has 2 heterocycles. The number of para-hydroxylation sites is 1. The van der Waals surface area contributed by atoms with Gasteiger partial charge in [-0.15, -0.1) is 0 Å². The number of carbonyl (C=O) groups is 4. The van der Waals surface area contributed by atoms with Gasteiger partial charge in [0, 0.05) is 24.1 Å². The van der Waals surface area contributed by atoms with E-state index in [1.165, 1.54) is 12.0 Å². The Bertz CT molecular complexity index is 1060. The minimum Gasteiger partial charge on any atom is -0.468 e. The quantitative estimate of drug-likeness (QED) is 0.724. The topological polar surface area (TPSA) is 125 Å². The zero-order chi connectivity index (χ0) is 21.6. The summed E-state index contributed by atoms with van der Waals surface area (Å²) >= 11 is 0. The Balaban J connectivity index is 2.07. The average molecular weight is 412 g/mol. The molecule has 3 aliphatic rings. The van der Waals surface area contributed by atoms with Crippen LogP contribution in [-0.4, -0.2) is 44.4 Å². The standard InChI is InChI=1S/C21H20N2O7/c1-28-15(25)10-23-12-7-4-3-6-11(12)21(20(23)27)16-13(24)8-5-9-14(16)30-18(22)17(21)19(26)29-2/h3-4,6-7H,5,8-10,22H2,1-2H3/t21-/m1/s1. The number of hydrogen-bond acceptors (Lipinski definition) is 8. The summed E-state index contributed by atoms with van der Waals surface area (Å²) in [7, 11) is 2.36. The summed E-state index contributed by atoms with van der Waals surface area (Å²) in [4.78, 5) is 53.1. The van der Waals surface area contributed by atoms with E-state index in [4.69, 9.17) is 19.9 Å². The van der Waals surface area contributed by atoms with Gasteiger partial charge in [0.1, 0.15) is 23.3 Å². The lowest BCUT2D eigenvalue weighted by atomic mass is 9.64. The number of methoxy groups -OCH3 is 2. The van der Waals surface area contributed by atoms with E-state index in [2.05, 4.69) is 0 Å². The molecule has 4 rings (SSSR count). The summed E-state index contributed by atoms with van der Waals surface area (Å²) in [5, 5.41) is 0. The van der Waals surface area contributed by atoms with Crippen LogP contribution in [0.5, 0.6) is 0 Å². The molecule has 1 aromatic carbocycles. The predicted molar refractivity (Wildman–Crippen MR) is 103 cm³/mol. The number of hydrogen-bond donors (Lipinski definition) is 1. The monoisotopic (exact) mass is 412 g/mol. The highest BCUT2D eigenvalue weighted by Crippen LogP contribution is 2.55. The lowest BCUT2D eigenvalue weighted by molar-refractivity contribution is -0.140. The number of ketones is 1. The molecule has 156 valence electrons. The molecule has 1 atom stereocenters. The maximum atomic E-state index is 13.9. The number of nitrogens with two attached hydrogens (primary N) is 1. The minimum atomic E-state index is -1.84. The normalized spacial score (nSPS) is 22.7. The zero-order valence-electron chi connectivity index (χ0n) is 16.5. The third-order valence-electron chi connectivity index (χ3n) is 5.66. The van der Waals surface area contributed by atoms with E-state index in [1.54, 1.807) is 24.3 Å². The molecule has 0 radical (unpaired) electrons. The lowest BCUT2D eigenvalue weighted by Gasteiger charge is -2.38. The molecule has 2 aliphatic heterocycles. The Morgan fingerprint density at radius 1 is 1.17 bits per heavy atom. The van der Waals surface area contributed by atoms with Crippen molar-refractivity contribution < 1.29 is 33.4 Å². The Morgan fingerprint density at radius 3 is 2.60 bits per heavy atom. The molecule has 9 nitrogen and oxygen atoms in total. The van der Waals surface area contributed by atoms with E-state index in [0.29, 0.717) is 24.1 Å². The van der Waals surface area contributed by atoms with E-state index in [-0.39, 0.29) is 41.5 Å². The highest BCUT2D eigenvalue weighted by Gasteiger charge is 2.63. The Morgan fingerprint density at radius 2 is 1.90 bits per heavy atom. The first kappa shape index (κ1) is 19.7. The van der Waals surface area contributed by atoms with E-state index in [1.807, 2.05) is 0 Å². The molecule has 0 fully saturated rings. The van der Waals surface area contributed by atoms with Crippen molar-refractivity contribution in [3.63, 3.8) is 0 Å². The van der Waals surface area contributed by atoms with E-state index in [9.17, 15) is 19.2 Å². The second kappa shape index (κ2) is 7.01. The Kier molecular flexibility index (Phi) is 4.60. The summed E-state index contributed by atoms with van der Waals surface area (Å²) < 4.78 is 15.3. The fraction of sp³-hybridized carbons (Fsp3) is 0.333. The number of nitrogens with zero attached hydrogens (tertiary/aromatic N) is 1. The first-order valence-electron chi connectivity index (χ1n) is 9.39. The molecule has 0 unspecified atom stereocenters. The zero-order valence-corrected chi connectivity index (χ0v) is 16.5. The number of anilines is 1. The van der Waals surface area contributed by atoms with Crippen LogP contribution >= 0.6 is 0 Å². The average Bonchev–Trinajstić information content (AvgIpc) is 2.97. The fourth-order valence-electron chi connectivity index (χ4n) is 4.47. The third kappa shape index (κ3) is 2.47. The van der Waals surface area contributed by atoms with Crippen LogP contribution in [0.4, 0.5) is 5.69 Å². The number of ether oxygens (including phenoxy) is 3. The molecule has 9 heteroatoms. The SMILES string of the molecule is COC(=O)CN1C(=O)[C@]2(C(C(=O)OC)=C(N)OC3=C2C(=O)CCC3)c2ccccc21. The largest absolute Gasteiger partial charge is 0.468 e. The van der Waals surface area contributed by atoms with Crippen molar-refractivity contribution in [2.24, 2.45) is 5.73 Å². The van der Waals surface area contributed by atoms with E-state index < -0.39 is 23.3 Å². The summed E-state index contributed by atoms with van der Waals surface area (Å²) in [5.74, 6) is -2.53. The van der Waals surface area contributed by atoms with Crippen molar-refractivity contribution in [1.82, 2.24) is 0 Å². The second-order valence-corrected chi connectivity index (χ2v) is 7.14. The maximum absolute atomic E-state index is 13.9. The molecule has 0 saturated carbocycles. The number of allylic oxidation sites excluding steroid dienone is 1. The van der Waals surface area contributed by atoms with Gasteiger partial charge in [0.2, 0.25) is 11.8 Å². The second-order valence-electron chi connectivity index (χ2n) is 7.14. The van der Waals surface area contributed by atoms with Crippen LogP contribution in [0.3, 0.4) is 0 Å². The van der Waals surface area contributed by atoms with Crippen molar-refractivity contribution >= 4 is 29.3 Å². The van der Waals surface area contributed by atoms with Crippen molar-refractivity contribution in [2.75, 3.05) is 25.7 Å². The number of Topliss-reactive ketones (excluding diaryl/α,β-unsaturated/α-hetero) is 1. The molecule has 0 saturated heterocycles. The molecule has 2 N–H and O–H groups in total. The van der Waals surface area contributed by atoms with Crippen LogP contribution in [0.25, 0.3) is 0 Å². The first-order valence-corrected chi connectivity index (χ1v) is 9.39. The highest BCUT2D eigenvalue weighted by molar-refractivity contribution is 6.24. The van der Waals surface area contributed by atoms with Crippen LogP contribution in [0.15, 0.2) is 47.1 Å². The molecule has 1 spiro atoms. The molecule has 1 amide bonds. The van der Waals surface area contributed by atoms with Gasteiger partial charge in [0.05, 0.1) is 19.8 Å². The molecule has 0 aromatic heterocycles. The van der Waals surface area contributed by atoms with Gasteiger partial charge < -0.3 is 19.9 Å². The van der Waals surface area contributed by atoms with Crippen molar-refractivity contribution in [3.8, 4) is 0 Å². The molecule has 30 heavy (non-hydrogen) atoms. The van der Waals surface area contributed by atoms with Crippen LogP contribution in [0, 0.1) is 0 Å². The predicted octanol–water partition coefficient (Wildman–Crippen LogP) is 0.825. The number of benzene rings is 1. The third-order valence-corrected chi connectivity index (χ3v) is 5.66. The number of carbonyl (C=O) groups excluding carboxylic acids is 4. The maximum Gasteiger partial charge on any atom is 0.340 e. The number of rotatable bonds is 3. The van der Waals surface area contributed by atoms with Gasteiger partial charge in [0.25, 0.3) is 0 Å². The van der Waals surface area contributed by atoms with Gasteiger partial charge in [0.15, 0.2) is 5.78 Å². The van der Waals surface area contributed by atoms with Crippen molar-refractivity contribution in [1.29, 1.82) is 0 Å². The summed E-state index contributed by atoms with van der Waals surface area (Å²) in [5.41, 5.74) is 4.83. The first-order chi connectivity index (χ1) is 14.4. The van der Waals surface area contributed by atoms with Gasteiger partial charge in [-0.25, -0.2) is 4.79 Å². The minimum absolute atomic E-state index is 0.0770. The Labute approximate surface area is 172 Å². The molecular weight excluding hydrogens is 392 g/mol. The van der Waals surface area contributed by atoms with Gasteiger partial charge in [-0.05, 0) is 12.5 Å². The molecular formula is C21H20N2O7. The highest BCUT2D eigenvalue weighted by atomic mass is 16.5. The van der Waals surface area contributed by atoms with Crippen molar-refractivity contribution in [3.05, 3.63) is 52.6 Å². The summed E-state index contributed by atoms with van der Waals surface area (Å²) in [6.45, 7) is -0.389. The summed E-state index contributed by atoms with van der Waals surface area (Å²) in [6.07, 6.45) is 1.13. The van der Waals surface area contributed by atoms with Gasteiger partial charge in [-0.2, -0.15) is 0 Å². The van der Waals surface area contributed by atoms with E-state index in [0.717, 1.165) is 7.11 Å². The van der Waals surface area contributed by atoms with Crippen molar-refractivity contribution in [2.45, 2.75) is 24.7 Å².